The molecule has 0 aliphatic heterocycles. The van der Waals surface area contributed by atoms with Crippen LogP contribution in [0.1, 0.15) is 48.2 Å². The van der Waals surface area contributed by atoms with Crippen molar-refractivity contribution < 1.29 is 13.6 Å². The zero-order chi connectivity index (χ0) is 28.5. The number of amides is 1. The fourth-order valence-electron chi connectivity index (χ4n) is 5.51. The van der Waals surface area contributed by atoms with E-state index in [0.29, 0.717) is 36.6 Å². The smallest absolute Gasteiger partial charge is 0.333 e. The molecular formula is C29H26ClF2N7O2. The summed E-state index contributed by atoms with van der Waals surface area (Å²) in [4.78, 5) is 41.9. The Morgan fingerprint density at radius 2 is 1.83 bits per heavy atom. The lowest BCUT2D eigenvalue weighted by atomic mass is 9.85. The van der Waals surface area contributed by atoms with Gasteiger partial charge in [0.15, 0.2) is 5.82 Å². The number of hydrogen-bond donors (Lipinski definition) is 2. The molecule has 0 saturated heterocycles. The lowest BCUT2D eigenvalue weighted by Crippen LogP contribution is -2.39. The Balaban J connectivity index is 1.17. The van der Waals surface area contributed by atoms with Gasteiger partial charge < -0.3 is 10.3 Å². The first-order chi connectivity index (χ1) is 19.9. The van der Waals surface area contributed by atoms with Gasteiger partial charge in [-0.05, 0) is 61.9 Å². The maximum atomic E-state index is 13.7. The van der Waals surface area contributed by atoms with E-state index in [1.165, 1.54) is 6.07 Å². The van der Waals surface area contributed by atoms with Crippen LogP contribution in [0.2, 0.25) is 5.02 Å². The van der Waals surface area contributed by atoms with E-state index in [-0.39, 0.29) is 28.2 Å². The topological polar surface area (TPSA) is 110 Å². The molecule has 4 heterocycles. The Labute approximate surface area is 238 Å². The molecule has 41 heavy (non-hydrogen) atoms. The van der Waals surface area contributed by atoms with Gasteiger partial charge in [-0.2, -0.15) is 0 Å². The molecule has 12 heteroatoms. The van der Waals surface area contributed by atoms with Crippen LogP contribution in [0.4, 0.5) is 8.78 Å². The van der Waals surface area contributed by atoms with Gasteiger partial charge in [-0.1, -0.05) is 23.7 Å². The minimum Gasteiger partial charge on any atom is -0.349 e. The van der Waals surface area contributed by atoms with Crippen molar-refractivity contribution in [1.82, 2.24) is 34.4 Å². The van der Waals surface area contributed by atoms with Gasteiger partial charge in [0.25, 0.3) is 12.3 Å². The number of halogens is 3. The summed E-state index contributed by atoms with van der Waals surface area (Å²) in [5.74, 6) is 0.255. The first-order valence-electron chi connectivity index (χ1n) is 13.3. The largest absolute Gasteiger partial charge is 0.349 e. The first kappa shape index (κ1) is 26.8. The maximum Gasteiger partial charge on any atom is 0.333 e. The number of imidazole rings is 2. The summed E-state index contributed by atoms with van der Waals surface area (Å²) in [5.41, 5.74) is 2.01. The van der Waals surface area contributed by atoms with Gasteiger partial charge in [-0.25, -0.2) is 18.6 Å². The van der Waals surface area contributed by atoms with Crippen molar-refractivity contribution in [2.45, 2.75) is 44.7 Å². The van der Waals surface area contributed by atoms with Crippen LogP contribution in [0.5, 0.6) is 0 Å². The fourth-order valence-corrected chi connectivity index (χ4v) is 5.67. The maximum absolute atomic E-state index is 13.7. The molecule has 6 rings (SSSR count). The van der Waals surface area contributed by atoms with Crippen LogP contribution in [0, 0.1) is 5.92 Å². The molecule has 1 aliphatic rings. The molecule has 0 radical (unpaired) electrons. The Hall–Kier alpha value is -4.38. The molecule has 9 nitrogen and oxygen atoms in total. The average molecular weight is 578 g/mol. The summed E-state index contributed by atoms with van der Waals surface area (Å²) in [5, 5.41) is 2.99. The van der Waals surface area contributed by atoms with E-state index in [4.69, 9.17) is 11.6 Å². The van der Waals surface area contributed by atoms with Crippen LogP contribution in [0.3, 0.4) is 0 Å². The second-order valence-electron chi connectivity index (χ2n) is 10.1. The van der Waals surface area contributed by atoms with E-state index in [9.17, 15) is 18.4 Å². The molecule has 5 aromatic rings. The molecule has 1 amide bonds. The number of carbonyl (C=O) groups excluding carboxylic acids is 1. The van der Waals surface area contributed by atoms with E-state index in [1.54, 1.807) is 27.7 Å². The van der Waals surface area contributed by atoms with Gasteiger partial charge in [0.2, 0.25) is 0 Å². The minimum absolute atomic E-state index is 0.122. The summed E-state index contributed by atoms with van der Waals surface area (Å²) < 4.78 is 30.2. The number of nitrogens with one attached hydrogen (secondary N) is 2. The highest BCUT2D eigenvalue weighted by Gasteiger charge is 2.27. The van der Waals surface area contributed by atoms with E-state index >= 15 is 0 Å². The third kappa shape index (κ3) is 5.37. The quantitative estimate of drug-likeness (QED) is 0.263. The number of hydrogen-bond acceptors (Lipinski definition) is 5. The van der Waals surface area contributed by atoms with Crippen LogP contribution in [0.15, 0.2) is 72.0 Å². The highest BCUT2D eigenvalue weighted by Crippen LogP contribution is 2.29. The monoisotopic (exact) mass is 577 g/mol. The number of aromatic nitrogens is 6. The molecule has 1 aromatic carbocycles. The van der Waals surface area contributed by atoms with Crippen molar-refractivity contribution in [1.29, 1.82) is 0 Å². The highest BCUT2D eigenvalue weighted by atomic mass is 35.5. The second-order valence-corrected chi connectivity index (χ2v) is 10.6. The van der Waals surface area contributed by atoms with Crippen molar-refractivity contribution in [3.8, 4) is 17.2 Å². The molecule has 0 bridgehead atoms. The summed E-state index contributed by atoms with van der Waals surface area (Å²) in [6, 6.07) is 12.4. The van der Waals surface area contributed by atoms with Crippen LogP contribution in [0.25, 0.3) is 28.2 Å². The number of para-hydroxylation sites is 2. The number of nitrogens with zero attached hydrogens (tertiary/aromatic N) is 5. The van der Waals surface area contributed by atoms with Crippen molar-refractivity contribution in [2.75, 3.05) is 0 Å². The van der Waals surface area contributed by atoms with Crippen LogP contribution in [-0.4, -0.2) is 41.0 Å². The Morgan fingerprint density at radius 3 is 2.51 bits per heavy atom. The van der Waals surface area contributed by atoms with Gasteiger partial charge in [0.05, 0.1) is 33.5 Å². The third-order valence-electron chi connectivity index (χ3n) is 7.54. The average Bonchev–Trinajstić information content (AvgIpc) is 3.61. The molecule has 1 saturated carbocycles. The van der Waals surface area contributed by atoms with Crippen LogP contribution >= 0.6 is 11.6 Å². The third-order valence-corrected chi connectivity index (χ3v) is 7.75. The van der Waals surface area contributed by atoms with E-state index in [2.05, 4.69) is 25.3 Å². The van der Waals surface area contributed by atoms with Crippen molar-refractivity contribution in [3.63, 3.8) is 0 Å². The molecule has 1 fully saturated rings. The number of aromatic amines is 1. The normalized spacial score (nSPS) is 17.3. The molecule has 0 atom stereocenters. The number of pyridine rings is 2. The molecule has 210 valence electrons. The summed E-state index contributed by atoms with van der Waals surface area (Å²) in [7, 11) is 0. The number of H-pyrrole nitrogens is 1. The zero-order valence-electron chi connectivity index (χ0n) is 21.8. The standard InChI is InChI=1S/C29H26ClF2N7O2/c30-18-13-21(25(26(31)32)36-14-18)28(40)37-19-7-5-17(6-8-19)16-38-23-3-1-2-4-24(23)39(29(38)41)20-9-10-22(35-15-20)27-33-11-12-34-27/h1-4,9-15,17,19,26H,5-8,16H2,(H,33,34)(H,37,40)/t17-,19-. The predicted molar refractivity (Wildman–Crippen MR) is 150 cm³/mol. The minimum atomic E-state index is -2.88. The number of carbonyl (C=O) groups is 1. The van der Waals surface area contributed by atoms with E-state index < -0.39 is 18.0 Å². The van der Waals surface area contributed by atoms with Gasteiger partial charge >= 0.3 is 5.69 Å². The van der Waals surface area contributed by atoms with Crippen molar-refractivity contribution >= 4 is 28.5 Å². The van der Waals surface area contributed by atoms with Crippen molar-refractivity contribution in [2.24, 2.45) is 5.92 Å². The van der Waals surface area contributed by atoms with Crippen LogP contribution in [-0.2, 0) is 6.54 Å². The molecule has 0 spiro atoms. The summed E-state index contributed by atoms with van der Waals surface area (Å²) in [6.07, 6.45) is 6.15. The molecule has 1 aliphatic carbocycles. The van der Waals surface area contributed by atoms with Gasteiger partial charge in [-0.3, -0.25) is 23.9 Å². The number of benzene rings is 1. The number of alkyl halides is 2. The Bertz CT molecular complexity index is 1740. The molecule has 0 unspecified atom stereocenters. The van der Waals surface area contributed by atoms with Gasteiger partial charge in [-0.15, -0.1) is 0 Å². The summed E-state index contributed by atoms with van der Waals surface area (Å²) in [6.45, 7) is 0.526. The molecular weight excluding hydrogens is 552 g/mol. The van der Waals surface area contributed by atoms with Crippen LogP contribution < -0.4 is 11.0 Å². The summed E-state index contributed by atoms with van der Waals surface area (Å²) >= 11 is 5.90. The lowest BCUT2D eigenvalue weighted by molar-refractivity contribution is 0.0904. The fraction of sp³-hybridized carbons (Fsp3) is 0.276. The molecule has 4 aromatic heterocycles. The van der Waals surface area contributed by atoms with Gasteiger partial charge in [0.1, 0.15) is 11.4 Å². The second kappa shape index (κ2) is 11.2. The highest BCUT2D eigenvalue weighted by molar-refractivity contribution is 6.30. The zero-order valence-corrected chi connectivity index (χ0v) is 22.6. The Kier molecular flexibility index (Phi) is 7.36. The lowest BCUT2D eigenvalue weighted by Gasteiger charge is -2.29. The SMILES string of the molecule is O=C(N[C@H]1CC[C@H](Cn2c(=O)n(-c3ccc(-c4ncc[nH]4)nc3)c3ccccc32)CC1)c1cc(Cl)cnc1C(F)F. The number of fused-ring (bicyclic) bond motifs is 1. The van der Waals surface area contributed by atoms with Gasteiger partial charge in [0, 0.05) is 31.2 Å². The van der Waals surface area contributed by atoms with E-state index in [1.807, 2.05) is 36.4 Å². The van der Waals surface area contributed by atoms with E-state index in [0.717, 1.165) is 30.1 Å². The number of rotatable bonds is 7. The van der Waals surface area contributed by atoms with Crippen molar-refractivity contribution in [3.05, 3.63) is 94.0 Å². The predicted octanol–water partition coefficient (Wildman–Crippen LogP) is 5.55. The first-order valence-corrected chi connectivity index (χ1v) is 13.7. The molecule has 2 N–H and O–H groups in total. The Morgan fingerprint density at radius 1 is 1.05 bits per heavy atom.